The summed E-state index contributed by atoms with van der Waals surface area (Å²) in [6.45, 7) is 2.57. The Morgan fingerprint density at radius 1 is 1.32 bits per heavy atom. The third-order valence-corrected chi connectivity index (χ3v) is 2.30. The van der Waals surface area contributed by atoms with E-state index in [1.807, 2.05) is 0 Å². The van der Waals surface area contributed by atoms with Crippen LogP contribution < -0.4 is 10.1 Å². The van der Waals surface area contributed by atoms with E-state index in [1.54, 1.807) is 19.1 Å². The zero-order valence-electron chi connectivity index (χ0n) is 10.8. The summed E-state index contributed by atoms with van der Waals surface area (Å²) in [5.74, 6) is 0.406. The topological polar surface area (TPSA) is 88.0 Å². The number of hydrogen-bond acceptors (Lipinski definition) is 5. The van der Waals surface area contributed by atoms with Crippen LogP contribution in [0, 0.1) is 0 Å². The lowest BCUT2D eigenvalue weighted by Crippen LogP contribution is -2.38. The molecule has 0 heterocycles. The van der Waals surface area contributed by atoms with Gasteiger partial charge < -0.3 is 25.0 Å². The van der Waals surface area contributed by atoms with Crippen molar-refractivity contribution in [1.82, 2.24) is 5.32 Å². The van der Waals surface area contributed by atoms with Crippen LogP contribution in [0.5, 0.6) is 11.5 Å². The standard InChI is InChI=1S/C13H19NO5/c1-10(13(17)14-6-8-18-9-7-15)19-12-4-2-11(16)3-5-12/h2-5,10,15-16H,6-9H2,1H3,(H,14,17). The van der Waals surface area contributed by atoms with Gasteiger partial charge in [0, 0.05) is 6.54 Å². The molecule has 1 aromatic carbocycles. The molecule has 1 unspecified atom stereocenters. The molecule has 6 nitrogen and oxygen atoms in total. The summed E-state index contributed by atoms with van der Waals surface area (Å²) in [5, 5.41) is 20.3. The zero-order chi connectivity index (χ0) is 14.1. The molecule has 1 aromatic rings. The molecular weight excluding hydrogens is 250 g/mol. The van der Waals surface area contributed by atoms with Crippen molar-refractivity contribution in [1.29, 1.82) is 0 Å². The number of amides is 1. The van der Waals surface area contributed by atoms with Gasteiger partial charge in [-0.3, -0.25) is 4.79 Å². The van der Waals surface area contributed by atoms with Crippen LogP contribution >= 0.6 is 0 Å². The number of carbonyl (C=O) groups excluding carboxylic acids is 1. The second kappa shape index (κ2) is 8.34. The average Bonchev–Trinajstić information content (AvgIpc) is 2.41. The van der Waals surface area contributed by atoms with Crippen molar-refractivity contribution < 1.29 is 24.5 Å². The van der Waals surface area contributed by atoms with Crippen LogP contribution in [0.25, 0.3) is 0 Å². The number of carbonyl (C=O) groups is 1. The maximum atomic E-state index is 11.7. The van der Waals surface area contributed by atoms with Gasteiger partial charge in [-0.05, 0) is 31.2 Å². The number of ether oxygens (including phenoxy) is 2. The van der Waals surface area contributed by atoms with E-state index < -0.39 is 6.10 Å². The predicted octanol–water partition coefficient (Wildman–Crippen LogP) is 0.285. The molecule has 1 amide bonds. The monoisotopic (exact) mass is 269 g/mol. The van der Waals surface area contributed by atoms with Gasteiger partial charge in [-0.25, -0.2) is 0 Å². The number of hydrogen-bond donors (Lipinski definition) is 3. The first-order chi connectivity index (χ1) is 9.13. The van der Waals surface area contributed by atoms with E-state index >= 15 is 0 Å². The van der Waals surface area contributed by atoms with Crippen LogP contribution in [0.4, 0.5) is 0 Å². The number of rotatable bonds is 8. The Labute approximate surface area is 112 Å². The van der Waals surface area contributed by atoms with E-state index in [1.165, 1.54) is 12.1 Å². The molecule has 0 aliphatic heterocycles. The highest BCUT2D eigenvalue weighted by Gasteiger charge is 2.13. The summed E-state index contributed by atoms with van der Waals surface area (Å²) in [5.41, 5.74) is 0. The predicted molar refractivity (Wildman–Crippen MR) is 69.1 cm³/mol. The first-order valence-electron chi connectivity index (χ1n) is 6.05. The Kier molecular flexibility index (Phi) is 6.70. The number of aliphatic hydroxyl groups excluding tert-OH is 1. The van der Waals surface area contributed by atoms with E-state index in [0.29, 0.717) is 18.9 Å². The number of phenols is 1. The fourth-order valence-electron chi connectivity index (χ4n) is 1.34. The van der Waals surface area contributed by atoms with Gasteiger partial charge in [0.05, 0.1) is 19.8 Å². The summed E-state index contributed by atoms with van der Waals surface area (Å²) in [6, 6.07) is 6.15. The van der Waals surface area contributed by atoms with E-state index in [2.05, 4.69) is 5.32 Å². The molecule has 0 saturated heterocycles. The van der Waals surface area contributed by atoms with Crippen molar-refractivity contribution in [3.05, 3.63) is 24.3 Å². The maximum Gasteiger partial charge on any atom is 0.260 e. The van der Waals surface area contributed by atoms with Crippen LogP contribution in [0.3, 0.4) is 0 Å². The largest absolute Gasteiger partial charge is 0.508 e. The normalized spacial score (nSPS) is 11.9. The van der Waals surface area contributed by atoms with E-state index in [4.69, 9.17) is 19.7 Å². The summed E-state index contributed by atoms with van der Waals surface area (Å²) < 4.78 is 10.4. The fourth-order valence-corrected chi connectivity index (χ4v) is 1.34. The van der Waals surface area contributed by atoms with Crippen molar-refractivity contribution in [2.45, 2.75) is 13.0 Å². The molecule has 0 fully saturated rings. The molecule has 0 bridgehead atoms. The Bertz CT molecular complexity index is 379. The highest BCUT2D eigenvalue weighted by molar-refractivity contribution is 5.80. The summed E-state index contributed by atoms with van der Waals surface area (Å²) in [7, 11) is 0. The van der Waals surface area contributed by atoms with Crippen LogP contribution in [0.1, 0.15) is 6.92 Å². The minimum Gasteiger partial charge on any atom is -0.508 e. The van der Waals surface area contributed by atoms with Crippen LogP contribution in [0.15, 0.2) is 24.3 Å². The van der Waals surface area contributed by atoms with Crippen molar-refractivity contribution in [3.8, 4) is 11.5 Å². The first-order valence-corrected chi connectivity index (χ1v) is 6.05. The molecule has 3 N–H and O–H groups in total. The molecule has 0 spiro atoms. The highest BCUT2D eigenvalue weighted by atomic mass is 16.5. The Morgan fingerprint density at radius 3 is 2.63 bits per heavy atom. The van der Waals surface area contributed by atoms with Gasteiger partial charge in [0.2, 0.25) is 0 Å². The second-order valence-corrected chi connectivity index (χ2v) is 3.88. The molecule has 0 aliphatic rings. The van der Waals surface area contributed by atoms with Gasteiger partial charge in [0.1, 0.15) is 11.5 Å². The van der Waals surface area contributed by atoms with Crippen molar-refractivity contribution in [2.75, 3.05) is 26.4 Å². The SMILES string of the molecule is CC(Oc1ccc(O)cc1)C(=O)NCCOCCO. The molecule has 1 atom stereocenters. The Morgan fingerprint density at radius 2 is 2.00 bits per heavy atom. The molecule has 0 aromatic heterocycles. The van der Waals surface area contributed by atoms with Gasteiger partial charge >= 0.3 is 0 Å². The highest BCUT2D eigenvalue weighted by Crippen LogP contribution is 2.17. The van der Waals surface area contributed by atoms with Crippen molar-refractivity contribution >= 4 is 5.91 Å². The third-order valence-electron chi connectivity index (χ3n) is 2.30. The molecule has 6 heteroatoms. The lowest BCUT2D eigenvalue weighted by Gasteiger charge is -2.14. The quantitative estimate of drug-likeness (QED) is 0.590. The van der Waals surface area contributed by atoms with Gasteiger partial charge in [-0.2, -0.15) is 0 Å². The van der Waals surface area contributed by atoms with Crippen molar-refractivity contribution in [2.24, 2.45) is 0 Å². The summed E-state index contributed by atoms with van der Waals surface area (Å²) >= 11 is 0. The molecule has 0 saturated carbocycles. The number of phenolic OH excluding ortho intramolecular Hbond substituents is 1. The molecule has 0 aliphatic carbocycles. The smallest absolute Gasteiger partial charge is 0.260 e. The van der Waals surface area contributed by atoms with Gasteiger partial charge in [0.25, 0.3) is 5.91 Å². The number of aromatic hydroxyl groups is 1. The van der Waals surface area contributed by atoms with Crippen LogP contribution in [-0.2, 0) is 9.53 Å². The lowest BCUT2D eigenvalue weighted by atomic mass is 10.3. The number of aliphatic hydroxyl groups is 1. The van der Waals surface area contributed by atoms with E-state index in [0.717, 1.165) is 0 Å². The summed E-state index contributed by atoms with van der Waals surface area (Å²) in [4.78, 5) is 11.7. The second-order valence-electron chi connectivity index (χ2n) is 3.88. The third kappa shape index (κ3) is 6.08. The van der Waals surface area contributed by atoms with Crippen molar-refractivity contribution in [3.63, 3.8) is 0 Å². The number of benzene rings is 1. The van der Waals surface area contributed by atoms with Gasteiger partial charge in [-0.1, -0.05) is 0 Å². The molecular formula is C13H19NO5. The van der Waals surface area contributed by atoms with E-state index in [-0.39, 0.29) is 24.9 Å². The Hall–Kier alpha value is -1.79. The molecule has 19 heavy (non-hydrogen) atoms. The minimum absolute atomic E-state index is 0.0334. The molecule has 1 rings (SSSR count). The van der Waals surface area contributed by atoms with Gasteiger partial charge in [-0.15, -0.1) is 0 Å². The molecule has 106 valence electrons. The van der Waals surface area contributed by atoms with Gasteiger partial charge in [0.15, 0.2) is 6.10 Å². The molecule has 0 radical (unpaired) electrons. The first kappa shape index (κ1) is 15.3. The average molecular weight is 269 g/mol. The Balaban J connectivity index is 2.26. The lowest BCUT2D eigenvalue weighted by molar-refractivity contribution is -0.127. The number of nitrogens with one attached hydrogen (secondary N) is 1. The zero-order valence-corrected chi connectivity index (χ0v) is 10.8. The maximum absolute atomic E-state index is 11.7. The minimum atomic E-state index is -0.637. The van der Waals surface area contributed by atoms with Crippen LogP contribution in [0.2, 0.25) is 0 Å². The fraction of sp³-hybridized carbons (Fsp3) is 0.462. The summed E-state index contributed by atoms with van der Waals surface area (Å²) in [6.07, 6.45) is -0.637. The van der Waals surface area contributed by atoms with Crippen LogP contribution in [-0.4, -0.2) is 48.6 Å². The van der Waals surface area contributed by atoms with E-state index in [9.17, 15) is 4.79 Å².